The lowest BCUT2D eigenvalue weighted by Gasteiger charge is -2.16. The number of nitrogens with zero attached hydrogens (tertiary/aromatic N) is 2. The summed E-state index contributed by atoms with van der Waals surface area (Å²) < 4.78 is 6.71. The smallest absolute Gasteiger partial charge is 0.245 e. The Kier molecular flexibility index (Phi) is 6.90. The van der Waals surface area contributed by atoms with Crippen LogP contribution in [0.2, 0.25) is 0 Å². The Morgan fingerprint density at radius 1 is 1.61 bits per heavy atom. The molecule has 3 N–H and O–H groups in total. The molecule has 1 rings (SSSR count). The zero-order valence-corrected chi connectivity index (χ0v) is 11.8. The van der Waals surface area contributed by atoms with Gasteiger partial charge in [0.05, 0.1) is 5.54 Å². The van der Waals surface area contributed by atoms with Crippen molar-refractivity contribution in [2.45, 2.75) is 32.4 Å². The topological polar surface area (TPSA) is 82.2 Å². The molecule has 7 heteroatoms. The molecular weight excluding hydrogens is 256 g/mol. The van der Waals surface area contributed by atoms with Gasteiger partial charge in [0.2, 0.25) is 5.91 Å². The van der Waals surface area contributed by atoms with Crippen molar-refractivity contribution < 1.29 is 9.53 Å². The van der Waals surface area contributed by atoms with E-state index in [9.17, 15) is 4.79 Å². The number of aromatic nitrogens is 2. The molecule has 0 aliphatic rings. The largest absolute Gasteiger partial charge is 0.385 e. The van der Waals surface area contributed by atoms with Crippen molar-refractivity contribution in [2.75, 3.05) is 19.0 Å². The zero-order valence-electron chi connectivity index (χ0n) is 11.0. The van der Waals surface area contributed by atoms with Crippen molar-refractivity contribution in [1.82, 2.24) is 9.78 Å². The minimum atomic E-state index is -0.903. The van der Waals surface area contributed by atoms with Gasteiger partial charge in [-0.15, -0.1) is 12.4 Å². The van der Waals surface area contributed by atoms with Gasteiger partial charge in [-0.1, -0.05) is 0 Å². The molecule has 6 nitrogen and oxygen atoms in total. The van der Waals surface area contributed by atoms with E-state index in [1.54, 1.807) is 31.7 Å². The van der Waals surface area contributed by atoms with E-state index >= 15 is 0 Å². The zero-order chi connectivity index (χ0) is 12.9. The SMILES string of the molecule is COCCCn1ccc(NC(=O)C(C)(C)N)n1.Cl. The van der Waals surface area contributed by atoms with Crippen LogP contribution in [0.3, 0.4) is 0 Å². The lowest BCUT2D eigenvalue weighted by Crippen LogP contribution is -2.45. The molecule has 0 spiro atoms. The summed E-state index contributed by atoms with van der Waals surface area (Å²) in [5.74, 6) is 0.269. The highest BCUT2D eigenvalue weighted by atomic mass is 35.5. The summed E-state index contributed by atoms with van der Waals surface area (Å²) in [6, 6.07) is 1.75. The summed E-state index contributed by atoms with van der Waals surface area (Å²) in [6.45, 7) is 4.75. The molecule has 0 saturated heterocycles. The van der Waals surface area contributed by atoms with Crippen molar-refractivity contribution in [3.05, 3.63) is 12.3 Å². The fraction of sp³-hybridized carbons (Fsp3) is 0.636. The van der Waals surface area contributed by atoms with E-state index in [4.69, 9.17) is 10.5 Å². The Balaban J connectivity index is 0.00000289. The Morgan fingerprint density at radius 3 is 2.83 bits per heavy atom. The average molecular weight is 277 g/mol. The van der Waals surface area contributed by atoms with Crippen LogP contribution in [0, 0.1) is 0 Å². The highest BCUT2D eigenvalue weighted by Gasteiger charge is 2.22. The maximum absolute atomic E-state index is 11.6. The first kappa shape index (κ1) is 16.9. The minimum absolute atomic E-state index is 0. The van der Waals surface area contributed by atoms with E-state index in [-0.39, 0.29) is 18.3 Å². The fourth-order valence-electron chi connectivity index (χ4n) is 1.20. The summed E-state index contributed by atoms with van der Waals surface area (Å²) in [6.07, 6.45) is 2.70. The first-order chi connectivity index (χ1) is 7.93. The predicted octanol–water partition coefficient (Wildman–Crippen LogP) is 1.02. The second-order valence-corrected chi connectivity index (χ2v) is 4.49. The van der Waals surface area contributed by atoms with Gasteiger partial charge in [-0.05, 0) is 20.3 Å². The number of nitrogens with one attached hydrogen (secondary N) is 1. The number of hydrogen-bond donors (Lipinski definition) is 2. The van der Waals surface area contributed by atoms with Crippen molar-refractivity contribution in [1.29, 1.82) is 0 Å². The molecule has 0 aliphatic heterocycles. The summed E-state index contributed by atoms with van der Waals surface area (Å²) >= 11 is 0. The Hall–Kier alpha value is -1.11. The predicted molar refractivity (Wildman–Crippen MR) is 72.9 cm³/mol. The molecule has 1 aromatic rings. The lowest BCUT2D eigenvalue weighted by atomic mass is 10.1. The molecular formula is C11H21ClN4O2. The minimum Gasteiger partial charge on any atom is -0.385 e. The van der Waals surface area contributed by atoms with Crippen molar-refractivity contribution in [3.63, 3.8) is 0 Å². The van der Waals surface area contributed by atoms with Crippen LogP contribution in [0.5, 0.6) is 0 Å². The van der Waals surface area contributed by atoms with Gasteiger partial charge >= 0.3 is 0 Å². The van der Waals surface area contributed by atoms with Crippen LogP contribution in [0.15, 0.2) is 12.3 Å². The molecule has 0 atom stereocenters. The second-order valence-electron chi connectivity index (χ2n) is 4.49. The molecule has 1 amide bonds. The van der Waals surface area contributed by atoms with Crippen molar-refractivity contribution >= 4 is 24.1 Å². The number of ether oxygens (including phenoxy) is 1. The van der Waals surface area contributed by atoms with Crippen molar-refractivity contribution in [2.24, 2.45) is 5.73 Å². The highest BCUT2D eigenvalue weighted by Crippen LogP contribution is 2.06. The van der Waals surface area contributed by atoms with Gasteiger partial charge in [-0.2, -0.15) is 5.10 Å². The Labute approximate surface area is 113 Å². The lowest BCUT2D eigenvalue weighted by molar-refractivity contribution is -0.120. The molecule has 1 aromatic heterocycles. The average Bonchev–Trinajstić information content (AvgIpc) is 2.65. The number of rotatable bonds is 6. The maximum atomic E-state index is 11.6. The maximum Gasteiger partial charge on any atom is 0.245 e. The number of amides is 1. The molecule has 0 unspecified atom stereocenters. The van der Waals surface area contributed by atoms with Gasteiger partial charge in [0.1, 0.15) is 0 Å². The van der Waals surface area contributed by atoms with Crippen LogP contribution in [-0.2, 0) is 16.1 Å². The monoisotopic (exact) mass is 276 g/mol. The molecule has 0 saturated carbocycles. The fourth-order valence-corrected chi connectivity index (χ4v) is 1.20. The summed E-state index contributed by atoms with van der Waals surface area (Å²) in [5, 5.41) is 6.87. The number of methoxy groups -OCH3 is 1. The number of nitrogens with two attached hydrogens (primary N) is 1. The van der Waals surface area contributed by atoms with Gasteiger partial charge in [0, 0.05) is 32.5 Å². The molecule has 104 valence electrons. The van der Waals surface area contributed by atoms with Gasteiger partial charge in [-0.25, -0.2) is 0 Å². The standard InChI is InChI=1S/C11H20N4O2.ClH/c1-11(2,12)10(16)13-9-5-7-15(14-9)6-4-8-17-3;/h5,7H,4,6,8,12H2,1-3H3,(H,13,14,16);1H. The van der Waals surface area contributed by atoms with Crippen molar-refractivity contribution in [3.8, 4) is 0 Å². The Morgan fingerprint density at radius 2 is 2.28 bits per heavy atom. The molecule has 0 bridgehead atoms. The van der Waals surface area contributed by atoms with Crippen LogP contribution < -0.4 is 11.1 Å². The summed E-state index contributed by atoms with van der Waals surface area (Å²) in [7, 11) is 1.66. The molecule has 0 aliphatic carbocycles. The second kappa shape index (κ2) is 7.35. The summed E-state index contributed by atoms with van der Waals surface area (Å²) in [5.41, 5.74) is 4.77. The van der Waals surface area contributed by atoms with Crippen LogP contribution in [0.1, 0.15) is 20.3 Å². The number of carbonyl (C=O) groups excluding carboxylic acids is 1. The van der Waals surface area contributed by atoms with Crippen LogP contribution >= 0.6 is 12.4 Å². The number of aryl methyl sites for hydroxylation is 1. The molecule has 1 heterocycles. The van der Waals surface area contributed by atoms with Crippen LogP contribution in [0.4, 0.5) is 5.82 Å². The van der Waals surface area contributed by atoms with Crippen LogP contribution in [0.25, 0.3) is 0 Å². The molecule has 0 aromatic carbocycles. The van der Waals surface area contributed by atoms with Gasteiger partial charge in [0.15, 0.2) is 5.82 Å². The molecule has 0 fully saturated rings. The summed E-state index contributed by atoms with van der Waals surface area (Å²) in [4.78, 5) is 11.6. The third-order valence-corrected chi connectivity index (χ3v) is 2.20. The molecule has 18 heavy (non-hydrogen) atoms. The number of anilines is 1. The van der Waals surface area contributed by atoms with E-state index in [0.29, 0.717) is 12.4 Å². The molecule has 0 radical (unpaired) electrons. The van der Waals surface area contributed by atoms with E-state index in [1.807, 2.05) is 6.20 Å². The first-order valence-electron chi connectivity index (χ1n) is 5.56. The Bertz CT molecular complexity index is 373. The van der Waals surface area contributed by atoms with Gasteiger partial charge in [0.25, 0.3) is 0 Å². The van der Waals surface area contributed by atoms with E-state index in [1.165, 1.54) is 0 Å². The van der Waals surface area contributed by atoms with E-state index in [0.717, 1.165) is 13.0 Å². The first-order valence-corrected chi connectivity index (χ1v) is 5.56. The van der Waals surface area contributed by atoms with Gasteiger partial charge < -0.3 is 15.8 Å². The quantitative estimate of drug-likeness (QED) is 0.760. The van der Waals surface area contributed by atoms with Gasteiger partial charge in [-0.3, -0.25) is 9.48 Å². The number of carbonyl (C=O) groups is 1. The van der Waals surface area contributed by atoms with E-state index in [2.05, 4.69) is 10.4 Å². The normalized spacial score (nSPS) is 10.9. The van der Waals surface area contributed by atoms with E-state index < -0.39 is 5.54 Å². The highest BCUT2D eigenvalue weighted by molar-refractivity contribution is 5.96. The van der Waals surface area contributed by atoms with Crippen LogP contribution in [-0.4, -0.2) is 34.9 Å². The number of hydrogen-bond acceptors (Lipinski definition) is 4. The third-order valence-electron chi connectivity index (χ3n) is 2.20. The number of halogens is 1. The third kappa shape index (κ3) is 5.48.